The predicted octanol–water partition coefficient (Wildman–Crippen LogP) is 4.03. The Hall–Kier alpha value is -0.940. The summed E-state index contributed by atoms with van der Waals surface area (Å²) in [5.74, 6) is -1.17. The van der Waals surface area contributed by atoms with Crippen molar-refractivity contribution in [1.82, 2.24) is 4.90 Å². The molecule has 20 heavy (non-hydrogen) atoms. The summed E-state index contributed by atoms with van der Waals surface area (Å²) in [6, 6.07) is 7.28. The molecule has 112 valence electrons. The SMILES string of the molecule is FC(F)(F)C1CCCN(CCNc2ccc(Cl)cc2)C1. The molecule has 0 aromatic heterocycles. The van der Waals surface area contributed by atoms with Crippen LogP contribution in [0.5, 0.6) is 0 Å². The van der Waals surface area contributed by atoms with E-state index in [9.17, 15) is 13.2 Å². The molecule has 1 saturated heterocycles. The van der Waals surface area contributed by atoms with Gasteiger partial charge in [0.05, 0.1) is 5.92 Å². The number of anilines is 1. The predicted molar refractivity (Wildman–Crippen MR) is 75.2 cm³/mol. The van der Waals surface area contributed by atoms with E-state index >= 15 is 0 Å². The highest BCUT2D eigenvalue weighted by Gasteiger charge is 2.41. The fraction of sp³-hybridized carbons (Fsp3) is 0.571. The zero-order chi connectivity index (χ0) is 14.6. The minimum atomic E-state index is -4.07. The molecule has 1 unspecified atom stereocenters. The van der Waals surface area contributed by atoms with Gasteiger partial charge in [-0.1, -0.05) is 11.6 Å². The molecule has 0 radical (unpaired) electrons. The van der Waals surface area contributed by atoms with Gasteiger partial charge in [-0.3, -0.25) is 0 Å². The standard InChI is InChI=1S/C14H18ClF3N2/c15-12-3-5-13(6-4-12)19-7-9-20-8-1-2-11(10-20)14(16,17)18/h3-6,11,19H,1-2,7-10H2. The molecule has 1 fully saturated rings. The molecule has 1 atom stereocenters. The van der Waals surface area contributed by atoms with Crippen LogP contribution in [0.15, 0.2) is 24.3 Å². The molecule has 0 saturated carbocycles. The van der Waals surface area contributed by atoms with Crippen molar-refractivity contribution >= 4 is 17.3 Å². The van der Waals surface area contributed by atoms with E-state index in [0.717, 1.165) is 12.2 Å². The van der Waals surface area contributed by atoms with Crippen LogP contribution in [0.1, 0.15) is 12.8 Å². The van der Waals surface area contributed by atoms with Crippen LogP contribution in [0.3, 0.4) is 0 Å². The Labute approximate surface area is 121 Å². The molecule has 1 aromatic rings. The van der Waals surface area contributed by atoms with E-state index in [1.165, 1.54) is 0 Å². The molecule has 0 bridgehead atoms. The van der Waals surface area contributed by atoms with E-state index in [1.807, 2.05) is 17.0 Å². The number of halogens is 4. The molecular formula is C14H18ClF3N2. The molecule has 1 aliphatic heterocycles. The lowest BCUT2D eigenvalue weighted by atomic mass is 9.97. The molecule has 1 N–H and O–H groups in total. The number of hydrogen-bond acceptors (Lipinski definition) is 2. The molecule has 0 amide bonds. The normalized spacial score (nSPS) is 20.9. The number of hydrogen-bond donors (Lipinski definition) is 1. The highest BCUT2D eigenvalue weighted by Crippen LogP contribution is 2.32. The van der Waals surface area contributed by atoms with Gasteiger partial charge in [-0.2, -0.15) is 13.2 Å². The Morgan fingerprint density at radius 2 is 1.95 bits per heavy atom. The van der Waals surface area contributed by atoms with Gasteiger partial charge in [0.15, 0.2) is 0 Å². The number of nitrogens with one attached hydrogen (secondary N) is 1. The second-order valence-corrected chi connectivity index (χ2v) is 5.55. The zero-order valence-corrected chi connectivity index (χ0v) is 11.8. The average molecular weight is 307 g/mol. The maximum Gasteiger partial charge on any atom is 0.393 e. The van der Waals surface area contributed by atoms with E-state index in [1.54, 1.807) is 12.1 Å². The summed E-state index contributed by atoms with van der Waals surface area (Å²) in [6.45, 7) is 2.11. The first kappa shape index (κ1) is 15.4. The van der Waals surface area contributed by atoms with Gasteiger partial charge in [0.2, 0.25) is 0 Å². The summed E-state index contributed by atoms with van der Waals surface area (Å²) < 4.78 is 38.1. The third-order valence-electron chi connectivity index (χ3n) is 3.57. The molecule has 0 spiro atoms. The average Bonchev–Trinajstić information content (AvgIpc) is 2.40. The smallest absolute Gasteiger partial charge is 0.384 e. The molecule has 0 aliphatic carbocycles. The van der Waals surface area contributed by atoms with Crippen LogP contribution in [0.25, 0.3) is 0 Å². The minimum absolute atomic E-state index is 0.117. The Bertz CT molecular complexity index is 419. The fourth-order valence-electron chi connectivity index (χ4n) is 2.45. The summed E-state index contributed by atoms with van der Waals surface area (Å²) in [6.07, 6.45) is -3.20. The van der Waals surface area contributed by atoms with Crippen LogP contribution in [-0.4, -0.2) is 37.3 Å². The van der Waals surface area contributed by atoms with Crippen molar-refractivity contribution < 1.29 is 13.2 Å². The zero-order valence-electron chi connectivity index (χ0n) is 11.1. The highest BCUT2D eigenvalue weighted by atomic mass is 35.5. The van der Waals surface area contributed by atoms with Crippen LogP contribution in [0.4, 0.5) is 18.9 Å². The highest BCUT2D eigenvalue weighted by molar-refractivity contribution is 6.30. The molecule has 1 heterocycles. The first-order valence-electron chi connectivity index (χ1n) is 6.73. The Balaban J connectivity index is 1.75. The fourth-order valence-corrected chi connectivity index (χ4v) is 2.58. The Morgan fingerprint density at radius 3 is 2.60 bits per heavy atom. The summed E-state index contributed by atoms with van der Waals surface area (Å²) in [5, 5.41) is 3.86. The van der Waals surface area contributed by atoms with Crippen molar-refractivity contribution in [3.05, 3.63) is 29.3 Å². The Kier molecular flexibility index (Phi) is 5.16. The monoisotopic (exact) mass is 306 g/mol. The largest absolute Gasteiger partial charge is 0.393 e. The molecule has 2 nitrogen and oxygen atoms in total. The lowest BCUT2D eigenvalue weighted by Crippen LogP contribution is -2.43. The van der Waals surface area contributed by atoms with Crippen molar-refractivity contribution in [3.63, 3.8) is 0 Å². The van der Waals surface area contributed by atoms with Crippen molar-refractivity contribution in [2.24, 2.45) is 5.92 Å². The van der Waals surface area contributed by atoms with E-state index in [2.05, 4.69) is 5.32 Å². The van der Waals surface area contributed by atoms with Crippen LogP contribution in [-0.2, 0) is 0 Å². The van der Waals surface area contributed by atoms with Crippen molar-refractivity contribution in [2.45, 2.75) is 19.0 Å². The molecule has 2 rings (SSSR count). The lowest BCUT2D eigenvalue weighted by molar-refractivity contribution is -0.186. The number of nitrogens with zero attached hydrogens (tertiary/aromatic N) is 1. The number of rotatable bonds is 4. The van der Waals surface area contributed by atoms with Gasteiger partial charge in [0.1, 0.15) is 0 Å². The van der Waals surface area contributed by atoms with E-state index < -0.39 is 12.1 Å². The first-order chi connectivity index (χ1) is 9.45. The van der Waals surface area contributed by atoms with E-state index in [-0.39, 0.29) is 13.0 Å². The van der Waals surface area contributed by atoms with Crippen LogP contribution in [0.2, 0.25) is 5.02 Å². The molecule has 1 aliphatic rings. The van der Waals surface area contributed by atoms with Crippen molar-refractivity contribution in [1.29, 1.82) is 0 Å². The third kappa shape index (κ3) is 4.56. The Morgan fingerprint density at radius 1 is 1.25 bits per heavy atom. The maximum atomic E-state index is 12.7. The van der Waals surface area contributed by atoms with E-state index in [0.29, 0.717) is 24.5 Å². The van der Waals surface area contributed by atoms with Gasteiger partial charge in [0.25, 0.3) is 0 Å². The van der Waals surface area contributed by atoms with Gasteiger partial charge in [-0.25, -0.2) is 0 Å². The second-order valence-electron chi connectivity index (χ2n) is 5.12. The number of piperidine rings is 1. The first-order valence-corrected chi connectivity index (χ1v) is 7.11. The quantitative estimate of drug-likeness (QED) is 0.903. The number of likely N-dealkylation sites (tertiary alicyclic amines) is 1. The summed E-state index contributed by atoms with van der Waals surface area (Å²) in [4.78, 5) is 1.88. The summed E-state index contributed by atoms with van der Waals surface area (Å²) in [7, 11) is 0. The van der Waals surface area contributed by atoms with Crippen LogP contribution in [0, 0.1) is 5.92 Å². The van der Waals surface area contributed by atoms with Crippen LogP contribution < -0.4 is 5.32 Å². The van der Waals surface area contributed by atoms with Crippen molar-refractivity contribution in [3.8, 4) is 0 Å². The van der Waals surface area contributed by atoms with Crippen molar-refractivity contribution in [2.75, 3.05) is 31.5 Å². The van der Waals surface area contributed by atoms with E-state index in [4.69, 9.17) is 11.6 Å². The summed E-state index contributed by atoms with van der Waals surface area (Å²) in [5.41, 5.74) is 0.929. The van der Waals surface area contributed by atoms with Gasteiger partial charge >= 0.3 is 6.18 Å². The second kappa shape index (κ2) is 6.68. The lowest BCUT2D eigenvalue weighted by Gasteiger charge is -2.33. The topological polar surface area (TPSA) is 15.3 Å². The van der Waals surface area contributed by atoms with Crippen LogP contribution >= 0.6 is 11.6 Å². The maximum absolute atomic E-state index is 12.7. The van der Waals surface area contributed by atoms with Gasteiger partial charge in [-0.15, -0.1) is 0 Å². The number of alkyl halides is 3. The minimum Gasteiger partial charge on any atom is -0.384 e. The molecular weight excluding hydrogens is 289 g/mol. The molecule has 1 aromatic carbocycles. The third-order valence-corrected chi connectivity index (χ3v) is 3.82. The van der Waals surface area contributed by atoms with Gasteiger partial charge in [0, 0.05) is 30.3 Å². The van der Waals surface area contributed by atoms with Gasteiger partial charge in [-0.05, 0) is 43.7 Å². The summed E-state index contributed by atoms with van der Waals surface area (Å²) >= 11 is 5.78. The molecule has 6 heteroatoms. The number of benzene rings is 1. The van der Waals surface area contributed by atoms with Gasteiger partial charge < -0.3 is 10.2 Å².